The van der Waals surface area contributed by atoms with Crippen molar-refractivity contribution in [2.75, 3.05) is 31.4 Å². The summed E-state index contributed by atoms with van der Waals surface area (Å²) in [4.78, 5) is 21.3. The van der Waals surface area contributed by atoms with Gasteiger partial charge in [0.05, 0.1) is 28.6 Å². The maximum absolute atomic E-state index is 12.4. The fraction of sp³-hybridized carbons (Fsp3) is 0.200. The average Bonchev–Trinajstić information content (AvgIpc) is 3.42. The zero-order valence-corrected chi connectivity index (χ0v) is 19.1. The van der Waals surface area contributed by atoms with Gasteiger partial charge in [-0.15, -0.1) is 5.10 Å². The Morgan fingerprint density at radius 2 is 2.06 bits per heavy atom. The van der Waals surface area contributed by atoms with Crippen LogP contribution in [0.15, 0.2) is 35.5 Å². The number of methoxy groups -OCH3 is 1. The molecule has 3 heterocycles. The van der Waals surface area contributed by atoms with Gasteiger partial charge in [0, 0.05) is 17.2 Å². The van der Waals surface area contributed by atoms with Crippen molar-refractivity contribution < 1.29 is 19.0 Å². The van der Waals surface area contributed by atoms with E-state index in [2.05, 4.69) is 25.5 Å². The molecule has 0 bridgehead atoms. The smallest absolute Gasteiger partial charge is 0.236 e. The molecule has 2 aromatic carbocycles. The number of aromatic amines is 1. The zero-order chi connectivity index (χ0) is 22.1. The van der Waals surface area contributed by atoms with Crippen molar-refractivity contribution in [3.63, 3.8) is 0 Å². The lowest BCUT2D eigenvalue weighted by Crippen LogP contribution is -2.15. The van der Waals surface area contributed by atoms with Crippen LogP contribution in [-0.4, -0.2) is 52.1 Å². The molecule has 2 N–H and O–H groups in total. The number of hydrogen-bond donors (Lipinski definition) is 2. The monoisotopic (exact) mass is 489 g/mol. The first-order valence-corrected chi connectivity index (χ1v) is 11.7. The first kappa shape index (κ1) is 20.9. The van der Waals surface area contributed by atoms with Gasteiger partial charge in [-0.3, -0.25) is 9.89 Å². The number of amides is 1. The van der Waals surface area contributed by atoms with Crippen LogP contribution >= 0.6 is 34.7 Å². The number of hydrogen-bond acceptors (Lipinski definition) is 9. The van der Waals surface area contributed by atoms with E-state index in [0.29, 0.717) is 57.2 Å². The summed E-state index contributed by atoms with van der Waals surface area (Å²) in [5.74, 6) is 2.40. The molecular formula is C20H16ClN5O4S2. The summed E-state index contributed by atoms with van der Waals surface area (Å²) in [6.45, 7) is 1.03. The lowest BCUT2D eigenvalue weighted by atomic mass is 10.2. The third kappa shape index (κ3) is 4.31. The Morgan fingerprint density at radius 1 is 1.25 bits per heavy atom. The number of thiazole rings is 1. The van der Waals surface area contributed by atoms with Gasteiger partial charge in [0.25, 0.3) is 0 Å². The fourth-order valence-corrected chi connectivity index (χ4v) is 4.76. The number of ether oxygens (including phenoxy) is 3. The molecule has 1 aliphatic rings. The molecule has 12 heteroatoms. The molecule has 1 amide bonds. The Morgan fingerprint density at radius 3 is 2.88 bits per heavy atom. The van der Waals surface area contributed by atoms with Crippen molar-refractivity contribution in [2.45, 2.75) is 5.16 Å². The number of rotatable bonds is 6. The number of carbonyl (C=O) groups is 1. The largest absolute Gasteiger partial charge is 0.496 e. The van der Waals surface area contributed by atoms with Crippen LogP contribution in [0.4, 0.5) is 5.13 Å². The average molecular weight is 490 g/mol. The molecule has 0 unspecified atom stereocenters. The zero-order valence-electron chi connectivity index (χ0n) is 16.7. The number of nitrogens with one attached hydrogen (secondary N) is 2. The van der Waals surface area contributed by atoms with Crippen LogP contribution in [0.1, 0.15) is 0 Å². The molecule has 0 fully saturated rings. The quantitative estimate of drug-likeness (QED) is 0.387. The van der Waals surface area contributed by atoms with E-state index in [-0.39, 0.29) is 11.7 Å². The van der Waals surface area contributed by atoms with E-state index >= 15 is 0 Å². The molecular weight excluding hydrogens is 474 g/mol. The summed E-state index contributed by atoms with van der Waals surface area (Å²) < 4.78 is 17.4. The highest BCUT2D eigenvalue weighted by Crippen LogP contribution is 2.38. The minimum atomic E-state index is -0.210. The molecule has 1 aliphatic heterocycles. The van der Waals surface area contributed by atoms with Gasteiger partial charge in [0.1, 0.15) is 19.0 Å². The van der Waals surface area contributed by atoms with Crippen LogP contribution in [-0.2, 0) is 4.79 Å². The Balaban J connectivity index is 1.24. The molecule has 0 radical (unpaired) electrons. The third-order valence-corrected chi connectivity index (χ3v) is 6.53. The highest BCUT2D eigenvalue weighted by molar-refractivity contribution is 7.99. The van der Waals surface area contributed by atoms with Gasteiger partial charge in [-0.1, -0.05) is 34.7 Å². The molecule has 0 saturated heterocycles. The second kappa shape index (κ2) is 8.85. The Bertz CT molecular complexity index is 1270. The van der Waals surface area contributed by atoms with E-state index in [4.69, 9.17) is 25.8 Å². The molecule has 4 aromatic rings. The molecule has 2 aromatic heterocycles. The minimum Gasteiger partial charge on any atom is -0.496 e. The van der Waals surface area contributed by atoms with Crippen LogP contribution in [0.3, 0.4) is 0 Å². The van der Waals surface area contributed by atoms with Crippen molar-refractivity contribution >= 4 is 56.0 Å². The normalized spacial score (nSPS) is 12.7. The van der Waals surface area contributed by atoms with E-state index in [1.807, 2.05) is 12.1 Å². The number of thioether (sulfide) groups is 1. The highest BCUT2D eigenvalue weighted by atomic mass is 35.5. The number of H-pyrrole nitrogens is 1. The second-order valence-electron chi connectivity index (χ2n) is 6.63. The van der Waals surface area contributed by atoms with E-state index < -0.39 is 0 Å². The molecule has 32 heavy (non-hydrogen) atoms. The molecule has 0 spiro atoms. The van der Waals surface area contributed by atoms with E-state index in [9.17, 15) is 4.79 Å². The molecule has 0 atom stereocenters. The van der Waals surface area contributed by atoms with Gasteiger partial charge in [-0.2, -0.15) is 0 Å². The van der Waals surface area contributed by atoms with Gasteiger partial charge in [-0.05, 0) is 18.2 Å². The number of benzene rings is 2. The van der Waals surface area contributed by atoms with Crippen LogP contribution in [0, 0.1) is 0 Å². The number of halogens is 1. The summed E-state index contributed by atoms with van der Waals surface area (Å²) in [6, 6.07) is 8.93. The number of carbonyl (C=O) groups excluding carboxylic acids is 1. The lowest BCUT2D eigenvalue weighted by Gasteiger charge is -2.17. The molecule has 164 valence electrons. The van der Waals surface area contributed by atoms with Gasteiger partial charge < -0.3 is 19.5 Å². The van der Waals surface area contributed by atoms with Crippen LogP contribution < -0.4 is 19.5 Å². The number of aromatic nitrogens is 4. The first-order valence-electron chi connectivity index (χ1n) is 9.48. The fourth-order valence-electron chi connectivity index (χ4n) is 3.10. The van der Waals surface area contributed by atoms with Crippen LogP contribution in [0.25, 0.3) is 21.6 Å². The summed E-state index contributed by atoms with van der Waals surface area (Å²) in [5, 5.41) is 11.3. The minimum absolute atomic E-state index is 0.128. The summed E-state index contributed by atoms with van der Waals surface area (Å²) in [7, 11) is 1.57. The summed E-state index contributed by atoms with van der Waals surface area (Å²) >= 11 is 8.66. The number of fused-ring (bicyclic) bond motifs is 2. The van der Waals surface area contributed by atoms with Gasteiger partial charge in [0.2, 0.25) is 11.1 Å². The highest BCUT2D eigenvalue weighted by Gasteiger charge is 2.17. The predicted octanol–water partition coefficient (Wildman–Crippen LogP) is 4.25. The molecule has 9 nitrogen and oxygen atoms in total. The Hall–Kier alpha value is -3.02. The Kier molecular flexibility index (Phi) is 5.77. The van der Waals surface area contributed by atoms with Crippen molar-refractivity contribution in [3.8, 4) is 28.6 Å². The molecule has 0 saturated carbocycles. The molecule has 5 rings (SSSR count). The van der Waals surface area contributed by atoms with Crippen molar-refractivity contribution in [1.29, 1.82) is 0 Å². The third-order valence-electron chi connectivity index (χ3n) is 4.51. The maximum atomic E-state index is 12.4. The van der Waals surface area contributed by atoms with Crippen molar-refractivity contribution in [2.24, 2.45) is 0 Å². The van der Waals surface area contributed by atoms with E-state index in [1.54, 1.807) is 25.3 Å². The van der Waals surface area contributed by atoms with Crippen LogP contribution in [0.5, 0.6) is 17.2 Å². The predicted molar refractivity (Wildman–Crippen MR) is 123 cm³/mol. The Labute approximate surface area is 195 Å². The topological polar surface area (TPSA) is 111 Å². The molecule has 0 aliphatic carbocycles. The lowest BCUT2D eigenvalue weighted by molar-refractivity contribution is -0.113. The van der Waals surface area contributed by atoms with Gasteiger partial charge in [-0.25, -0.2) is 9.97 Å². The summed E-state index contributed by atoms with van der Waals surface area (Å²) in [5.41, 5.74) is 1.44. The summed E-state index contributed by atoms with van der Waals surface area (Å²) in [6.07, 6.45) is 0. The maximum Gasteiger partial charge on any atom is 0.236 e. The van der Waals surface area contributed by atoms with E-state index in [0.717, 1.165) is 10.2 Å². The number of nitrogens with zero attached hydrogens (tertiary/aromatic N) is 3. The van der Waals surface area contributed by atoms with Gasteiger partial charge in [0.15, 0.2) is 22.5 Å². The second-order valence-corrected chi connectivity index (χ2v) is 9.04. The van der Waals surface area contributed by atoms with Crippen LogP contribution in [0.2, 0.25) is 5.02 Å². The number of anilines is 1. The van der Waals surface area contributed by atoms with Crippen molar-refractivity contribution in [1.82, 2.24) is 20.2 Å². The SMILES string of the molecule is COc1ccc(Cl)cc1-c1nc(SCC(=O)Nc2nc3cc4c(cc3s2)OCCO4)n[nH]1. The first-order chi connectivity index (χ1) is 15.6. The van der Waals surface area contributed by atoms with Gasteiger partial charge >= 0.3 is 0 Å². The standard InChI is InChI=1S/C20H16ClN5O4S2/c1-28-13-3-2-10(21)6-11(13)18-24-20(26-25-18)31-9-17(27)23-19-22-12-7-14-15(8-16(12)32-19)30-5-4-29-14/h2-3,6-8H,4-5,9H2,1H3,(H,22,23,27)(H,24,25,26). The van der Waals surface area contributed by atoms with Crippen molar-refractivity contribution in [3.05, 3.63) is 35.4 Å². The van der Waals surface area contributed by atoms with E-state index in [1.165, 1.54) is 23.1 Å².